The Morgan fingerprint density at radius 2 is 1.50 bits per heavy atom. The number of carboxylic acid groups (broad SMARTS) is 1. The van der Waals surface area contributed by atoms with Gasteiger partial charge in [0.15, 0.2) is 0 Å². The van der Waals surface area contributed by atoms with Crippen LogP contribution in [0.4, 0.5) is 5.69 Å². The minimum absolute atomic E-state index is 0.218. The molecule has 0 radical (unpaired) electrons. The van der Waals surface area contributed by atoms with Crippen molar-refractivity contribution in [2.24, 2.45) is 0 Å². The van der Waals surface area contributed by atoms with Gasteiger partial charge in [-0.25, -0.2) is 4.79 Å². The molecule has 0 fully saturated rings. The number of nitrogens with zero attached hydrogens (tertiary/aromatic N) is 1. The molecule has 1 N–H and O–H groups in total. The number of ether oxygens (including phenoxy) is 2. The number of aliphatic carboxylic acids is 1. The molecular weight excluding hydrogens is 314 g/mol. The van der Waals surface area contributed by atoms with E-state index in [0.717, 1.165) is 17.3 Å². The molecule has 7 nitrogen and oxygen atoms in total. The maximum Gasteiger partial charge on any atom is 0.328 e. The van der Waals surface area contributed by atoms with E-state index < -0.39 is 5.97 Å². The number of esters is 2. The third-order valence-electron chi connectivity index (χ3n) is 3.01. The molecule has 1 aromatic carbocycles. The average molecular weight is 335 g/mol. The van der Waals surface area contributed by atoms with Crippen LogP contribution in [0.25, 0.3) is 6.08 Å². The van der Waals surface area contributed by atoms with Gasteiger partial charge in [-0.3, -0.25) is 9.59 Å². The van der Waals surface area contributed by atoms with Gasteiger partial charge < -0.3 is 19.5 Å². The maximum atomic E-state index is 10.9. The van der Waals surface area contributed by atoms with Crippen molar-refractivity contribution in [2.45, 2.75) is 13.8 Å². The number of hydrogen-bond donors (Lipinski definition) is 1. The monoisotopic (exact) mass is 335 g/mol. The summed E-state index contributed by atoms with van der Waals surface area (Å²) in [5.41, 5.74) is 1.60. The van der Waals surface area contributed by atoms with Gasteiger partial charge in [-0.15, -0.1) is 0 Å². The molecule has 0 bridgehead atoms. The molecular formula is C17H21NO6. The highest BCUT2D eigenvalue weighted by molar-refractivity contribution is 5.85. The minimum Gasteiger partial charge on any atom is -0.478 e. The zero-order valence-corrected chi connectivity index (χ0v) is 13.7. The first-order valence-electron chi connectivity index (χ1n) is 7.41. The molecule has 1 rings (SSSR count). The first kappa shape index (κ1) is 19.2. The van der Waals surface area contributed by atoms with Crippen LogP contribution in [-0.4, -0.2) is 49.3 Å². The van der Waals surface area contributed by atoms with Crippen LogP contribution in [0, 0.1) is 0 Å². The van der Waals surface area contributed by atoms with Crippen molar-refractivity contribution in [3.63, 3.8) is 0 Å². The maximum absolute atomic E-state index is 10.9. The lowest BCUT2D eigenvalue weighted by atomic mass is 10.2. The van der Waals surface area contributed by atoms with Crippen molar-refractivity contribution in [3.8, 4) is 0 Å². The SMILES string of the molecule is CC(=O)OCCN(CCOC(C)=O)c1ccc(/C=C/C(=O)O)cc1. The van der Waals surface area contributed by atoms with Crippen LogP contribution in [0.1, 0.15) is 19.4 Å². The van der Waals surface area contributed by atoms with Crippen LogP contribution >= 0.6 is 0 Å². The smallest absolute Gasteiger partial charge is 0.328 e. The number of carbonyl (C=O) groups is 3. The van der Waals surface area contributed by atoms with Gasteiger partial charge in [-0.2, -0.15) is 0 Å². The molecule has 0 saturated carbocycles. The second-order valence-electron chi connectivity index (χ2n) is 4.93. The molecule has 0 amide bonds. The number of hydrogen-bond acceptors (Lipinski definition) is 6. The number of carbonyl (C=O) groups excluding carboxylic acids is 2. The normalized spacial score (nSPS) is 10.4. The van der Waals surface area contributed by atoms with Gasteiger partial charge in [0.2, 0.25) is 0 Å². The van der Waals surface area contributed by atoms with Crippen LogP contribution in [0.2, 0.25) is 0 Å². The first-order valence-corrected chi connectivity index (χ1v) is 7.41. The van der Waals surface area contributed by atoms with Crippen molar-refractivity contribution in [1.29, 1.82) is 0 Å². The van der Waals surface area contributed by atoms with Crippen molar-refractivity contribution >= 4 is 29.7 Å². The highest BCUT2D eigenvalue weighted by Gasteiger charge is 2.08. The predicted octanol–water partition coefficient (Wildman–Crippen LogP) is 1.72. The molecule has 24 heavy (non-hydrogen) atoms. The highest BCUT2D eigenvalue weighted by Crippen LogP contribution is 2.16. The fourth-order valence-electron chi connectivity index (χ4n) is 1.93. The van der Waals surface area contributed by atoms with Crippen LogP contribution in [0.3, 0.4) is 0 Å². The summed E-state index contributed by atoms with van der Waals surface area (Å²) in [7, 11) is 0. The van der Waals surface area contributed by atoms with Crippen LogP contribution < -0.4 is 4.90 Å². The average Bonchev–Trinajstić information content (AvgIpc) is 2.51. The molecule has 1 aromatic rings. The van der Waals surface area contributed by atoms with E-state index >= 15 is 0 Å². The van der Waals surface area contributed by atoms with Gasteiger partial charge in [-0.1, -0.05) is 12.1 Å². The Balaban J connectivity index is 2.73. The van der Waals surface area contributed by atoms with Crippen LogP contribution in [0.5, 0.6) is 0 Å². The van der Waals surface area contributed by atoms with E-state index in [4.69, 9.17) is 14.6 Å². The second-order valence-corrected chi connectivity index (χ2v) is 4.93. The zero-order chi connectivity index (χ0) is 17.9. The third kappa shape index (κ3) is 7.98. The highest BCUT2D eigenvalue weighted by atomic mass is 16.5. The number of rotatable bonds is 9. The number of benzene rings is 1. The number of carboxylic acids is 1. The van der Waals surface area contributed by atoms with Gasteiger partial charge in [-0.05, 0) is 23.8 Å². The second kappa shape index (κ2) is 10.0. The fourth-order valence-corrected chi connectivity index (χ4v) is 1.93. The van der Waals surface area contributed by atoms with Crippen molar-refractivity contribution in [3.05, 3.63) is 35.9 Å². The lowest BCUT2D eigenvalue weighted by Crippen LogP contribution is -2.31. The molecule has 0 saturated heterocycles. The Morgan fingerprint density at radius 3 is 1.92 bits per heavy atom. The van der Waals surface area contributed by atoms with Gasteiger partial charge in [0, 0.05) is 25.6 Å². The van der Waals surface area contributed by atoms with Crippen molar-refractivity contribution in [2.75, 3.05) is 31.2 Å². The standard InChI is InChI=1S/C17H21NO6/c1-13(19)23-11-9-18(10-12-24-14(2)20)16-6-3-15(4-7-16)5-8-17(21)22/h3-8H,9-12H2,1-2H3,(H,21,22)/b8-5+. The summed E-state index contributed by atoms with van der Waals surface area (Å²) in [5, 5.41) is 8.62. The Kier molecular flexibility index (Phi) is 8.04. The van der Waals surface area contributed by atoms with E-state index in [0.29, 0.717) is 13.1 Å². The van der Waals surface area contributed by atoms with Gasteiger partial charge in [0.25, 0.3) is 0 Å². The Morgan fingerprint density at radius 1 is 1.00 bits per heavy atom. The Bertz CT molecular complexity index is 574. The summed E-state index contributed by atoms with van der Waals surface area (Å²) in [4.78, 5) is 34.2. The quantitative estimate of drug-likeness (QED) is 0.542. The molecule has 0 aliphatic carbocycles. The molecule has 0 heterocycles. The molecule has 0 spiro atoms. The summed E-state index contributed by atoms with van der Waals surface area (Å²) < 4.78 is 9.89. The minimum atomic E-state index is -1.01. The lowest BCUT2D eigenvalue weighted by molar-refractivity contribution is -0.141. The summed E-state index contributed by atoms with van der Waals surface area (Å²) in [6, 6.07) is 7.20. The predicted molar refractivity (Wildman–Crippen MR) is 88.6 cm³/mol. The van der Waals surface area contributed by atoms with Crippen LogP contribution in [-0.2, 0) is 23.9 Å². The zero-order valence-electron chi connectivity index (χ0n) is 13.7. The van der Waals surface area contributed by atoms with Gasteiger partial charge >= 0.3 is 17.9 Å². The molecule has 0 aliphatic rings. The van der Waals surface area contributed by atoms with E-state index in [1.807, 2.05) is 17.0 Å². The van der Waals surface area contributed by atoms with Crippen molar-refractivity contribution in [1.82, 2.24) is 0 Å². The van der Waals surface area contributed by atoms with Crippen molar-refractivity contribution < 1.29 is 29.0 Å². The molecule has 7 heteroatoms. The molecule has 130 valence electrons. The first-order chi connectivity index (χ1) is 11.4. The van der Waals surface area contributed by atoms with E-state index in [2.05, 4.69) is 0 Å². The summed E-state index contributed by atoms with van der Waals surface area (Å²) in [5.74, 6) is -1.73. The largest absolute Gasteiger partial charge is 0.478 e. The molecule has 0 unspecified atom stereocenters. The van der Waals surface area contributed by atoms with E-state index in [1.165, 1.54) is 19.9 Å². The van der Waals surface area contributed by atoms with E-state index in [9.17, 15) is 14.4 Å². The molecule has 0 aliphatic heterocycles. The van der Waals surface area contributed by atoms with Gasteiger partial charge in [0.1, 0.15) is 13.2 Å². The molecule has 0 atom stereocenters. The third-order valence-corrected chi connectivity index (χ3v) is 3.01. The number of anilines is 1. The van der Waals surface area contributed by atoms with Crippen LogP contribution in [0.15, 0.2) is 30.3 Å². The summed E-state index contributed by atoms with van der Waals surface area (Å²) in [6.45, 7) is 4.02. The lowest BCUT2D eigenvalue weighted by Gasteiger charge is -2.24. The van der Waals surface area contributed by atoms with E-state index in [-0.39, 0.29) is 25.2 Å². The van der Waals surface area contributed by atoms with Gasteiger partial charge in [0.05, 0.1) is 13.1 Å². The summed E-state index contributed by atoms with van der Waals surface area (Å²) in [6.07, 6.45) is 2.56. The van der Waals surface area contributed by atoms with E-state index in [1.54, 1.807) is 12.1 Å². The summed E-state index contributed by atoms with van der Waals surface area (Å²) >= 11 is 0. The molecule has 0 aromatic heterocycles. The fraction of sp³-hybridized carbons (Fsp3) is 0.353. The Labute approximate surface area is 140 Å². The topological polar surface area (TPSA) is 93.1 Å². The Hall–Kier alpha value is -2.83.